The molecule has 0 aromatic heterocycles. The summed E-state index contributed by atoms with van der Waals surface area (Å²) in [6.45, 7) is 10.7. The quantitative estimate of drug-likeness (QED) is 0.731. The van der Waals surface area contributed by atoms with E-state index in [9.17, 15) is 4.79 Å². The molecular formula is C14H18O. The molecule has 0 spiro atoms. The van der Waals surface area contributed by atoms with Crippen molar-refractivity contribution in [3.8, 4) is 0 Å². The molecule has 0 N–H and O–H groups in total. The Morgan fingerprint density at radius 3 is 2.07 bits per heavy atom. The van der Waals surface area contributed by atoms with Gasteiger partial charge in [0, 0.05) is 10.8 Å². The Morgan fingerprint density at radius 2 is 1.53 bits per heavy atom. The first-order valence-electron chi connectivity index (χ1n) is 5.62. The van der Waals surface area contributed by atoms with Gasteiger partial charge in [-0.25, -0.2) is 0 Å². The van der Waals surface area contributed by atoms with Crippen LogP contribution in [0.2, 0.25) is 0 Å². The average molecular weight is 202 g/mol. The van der Waals surface area contributed by atoms with Gasteiger partial charge in [-0.3, -0.25) is 4.79 Å². The highest BCUT2D eigenvalue weighted by Gasteiger charge is 2.23. The summed E-state index contributed by atoms with van der Waals surface area (Å²) in [6.07, 6.45) is 1.03. The van der Waals surface area contributed by atoms with Crippen molar-refractivity contribution in [2.75, 3.05) is 0 Å². The zero-order chi connectivity index (χ0) is 11.3. The zero-order valence-electron chi connectivity index (χ0n) is 10.2. The van der Waals surface area contributed by atoms with Gasteiger partial charge in [0.1, 0.15) is 0 Å². The van der Waals surface area contributed by atoms with E-state index >= 15 is 0 Å². The van der Waals surface area contributed by atoms with Crippen molar-refractivity contribution < 1.29 is 0 Å². The molecular weight excluding hydrogens is 184 g/mol. The number of fused-ring (bicyclic) bond motifs is 1. The van der Waals surface area contributed by atoms with E-state index in [1.54, 1.807) is 0 Å². The fourth-order valence-corrected chi connectivity index (χ4v) is 2.36. The van der Waals surface area contributed by atoms with Gasteiger partial charge in [0.25, 0.3) is 0 Å². The first-order chi connectivity index (χ1) is 6.95. The van der Waals surface area contributed by atoms with Crippen LogP contribution in [-0.4, -0.2) is 0 Å². The molecule has 0 amide bonds. The SMILES string of the molecule is Cc1c(C)c(CC(C)C)c2c(=O)c2c1C. The molecule has 1 nitrogen and oxygen atoms in total. The van der Waals surface area contributed by atoms with Crippen molar-refractivity contribution in [1.82, 2.24) is 0 Å². The predicted molar refractivity (Wildman–Crippen MR) is 65.3 cm³/mol. The summed E-state index contributed by atoms with van der Waals surface area (Å²) >= 11 is 0. The van der Waals surface area contributed by atoms with E-state index in [0.717, 1.165) is 17.2 Å². The first-order valence-corrected chi connectivity index (χ1v) is 5.62. The van der Waals surface area contributed by atoms with Gasteiger partial charge in [-0.15, -0.1) is 0 Å². The zero-order valence-corrected chi connectivity index (χ0v) is 10.2. The maximum atomic E-state index is 11.7. The van der Waals surface area contributed by atoms with Crippen LogP contribution in [0.15, 0.2) is 4.79 Å². The molecule has 2 rings (SSSR count). The third kappa shape index (κ3) is 1.41. The number of rotatable bonds is 2. The fraction of sp³-hybridized carbons (Fsp3) is 0.500. The lowest BCUT2D eigenvalue weighted by atomic mass is 9.93. The molecule has 0 aliphatic heterocycles. The van der Waals surface area contributed by atoms with Gasteiger partial charge in [-0.1, -0.05) is 13.8 Å². The molecule has 2 aromatic carbocycles. The lowest BCUT2D eigenvalue weighted by Gasteiger charge is -2.11. The van der Waals surface area contributed by atoms with Gasteiger partial charge in [0.2, 0.25) is 0 Å². The molecule has 0 saturated carbocycles. The van der Waals surface area contributed by atoms with Crippen molar-refractivity contribution >= 4 is 10.8 Å². The van der Waals surface area contributed by atoms with Crippen LogP contribution in [0.5, 0.6) is 0 Å². The average Bonchev–Trinajstić information content (AvgIpc) is 2.81. The fourth-order valence-electron chi connectivity index (χ4n) is 2.36. The second-order valence-electron chi connectivity index (χ2n) is 5.03. The minimum absolute atomic E-state index is 0.291. The summed E-state index contributed by atoms with van der Waals surface area (Å²) in [5, 5.41) is 2.04. The van der Waals surface area contributed by atoms with Gasteiger partial charge >= 0.3 is 0 Å². The van der Waals surface area contributed by atoms with Crippen LogP contribution < -0.4 is 5.43 Å². The summed E-state index contributed by atoms with van der Waals surface area (Å²) in [4.78, 5) is 11.7. The van der Waals surface area contributed by atoms with E-state index in [2.05, 4.69) is 34.6 Å². The summed E-state index contributed by atoms with van der Waals surface area (Å²) in [7, 11) is 0. The van der Waals surface area contributed by atoms with Crippen molar-refractivity contribution in [1.29, 1.82) is 0 Å². The minimum Gasteiger partial charge on any atom is -0.289 e. The summed E-state index contributed by atoms with van der Waals surface area (Å²) in [5.41, 5.74) is 5.41. The smallest absolute Gasteiger partial charge is 0.195 e. The standard InChI is InChI=1S/C14H18O/c1-7(2)6-11-9(4)8(3)10(5)12-13(11)14(12)15/h7H,6H2,1-5H3. The third-order valence-corrected chi connectivity index (χ3v) is 3.51. The van der Waals surface area contributed by atoms with Crippen LogP contribution in [0.1, 0.15) is 36.1 Å². The Hall–Kier alpha value is -1.11. The van der Waals surface area contributed by atoms with Gasteiger partial charge < -0.3 is 0 Å². The lowest BCUT2D eigenvalue weighted by Crippen LogP contribution is -1.98. The molecule has 0 heterocycles. The maximum Gasteiger partial charge on any atom is 0.195 e. The number of hydrogen-bond acceptors (Lipinski definition) is 1. The maximum absolute atomic E-state index is 11.7. The second kappa shape index (κ2) is 3.19. The van der Waals surface area contributed by atoms with E-state index in [-0.39, 0.29) is 0 Å². The Bertz CT molecular complexity index is 537. The largest absolute Gasteiger partial charge is 0.289 e. The van der Waals surface area contributed by atoms with Crippen molar-refractivity contribution in [3.05, 3.63) is 32.5 Å². The lowest BCUT2D eigenvalue weighted by molar-refractivity contribution is 0.648. The highest BCUT2D eigenvalue weighted by molar-refractivity contribution is 6.04. The Kier molecular flexibility index (Phi) is 2.22. The van der Waals surface area contributed by atoms with Crippen LogP contribution in [0.25, 0.3) is 10.8 Å². The van der Waals surface area contributed by atoms with Gasteiger partial charge in [0.05, 0.1) is 0 Å². The van der Waals surface area contributed by atoms with E-state index < -0.39 is 0 Å². The van der Waals surface area contributed by atoms with Gasteiger partial charge in [-0.2, -0.15) is 0 Å². The van der Waals surface area contributed by atoms with E-state index in [1.165, 1.54) is 22.3 Å². The molecule has 0 bridgehead atoms. The third-order valence-electron chi connectivity index (χ3n) is 3.51. The molecule has 0 saturated heterocycles. The number of hydrogen-bond donors (Lipinski definition) is 0. The highest BCUT2D eigenvalue weighted by Crippen LogP contribution is 2.32. The van der Waals surface area contributed by atoms with Crippen molar-refractivity contribution in [2.45, 2.75) is 41.0 Å². The number of benzene rings is 1. The minimum atomic E-state index is 0.291. The van der Waals surface area contributed by atoms with Crippen LogP contribution in [0.3, 0.4) is 0 Å². The number of aryl methyl sites for hydroxylation is 1. The second-order valence-corrected chi connectivity index (χ2v) is 5.03. The van der Waals surface area contributed by atoms with E-state index in [1.807, 2.05) is 0 Å². The molecule has 0 unspecified atom stereocenters. The van der Waals surface area contributed by atoms with E-state index in [0.29, 0.717) is 11.3 Å². The molecule has 0 atom stereocenters. The van der Waals surface area contributed by atoms with E-state index in [4.69, 9.17) is 0 Å². The topological polar surface area (TPSA) is 17.1 Å². The monoisotopic (exact) mass is 202 g/mol. The Labute approximate surface area is 90.8 Å². The molecule has 1 heteroatoms. The first kappa shape index (κ1) is 10.4. The van der Waals surface area contributed by atoms with Crippen molar-refractivity contribution in [3.63, 3.8) is 0 Å². The Balaban J connectivity index is 2.67. The Morgan fingerprint density at radius 1 is 0.933 bits per heavy atom. The van der Waals surface area contributed by atoms with Crippen LogP contribution in [0.4, 0.5) is 0 Å². The van der Waals surface area contributed by atoms with Gasteiger partial charge in [0.15, 0.2) is 5.43 Å². The molecule has 80 valence electrons. The molecule has 0 aliphatic rings. The van der Waals surface area contributed by atoms with Crippen LogP contribution in [-0.2, 0) is 6.42 Å². The molecule has 0 aliphatic carbocycles. The molecule has 2 aromatic rings. The van der Waals surface area contributed by atoms with Gasteiger partial charge in [-0.05, 0) is 55.4 Å². The predicted octanol–water partition coefficient (Wildman–Crippen LogP) is 3.20. The highest BCUT2D eigenvalue weighted by atomic mass is 16.1. The van der Waals surface area contributed by atoms with Crippen LogP contribution >= 0.6 is 0 Å². The summed E-state index contributed by atoms with van der Waals surface area (Å²) < 4.78 is 0. The molecule has 0 radical (unpaired) electrons. The molecule has 15 heavy (non-hydrogen) atoms. The van der Waals surface area contributed by atoms with Crippen LogP contribution in [0, 0.1) is 26.7 Å². The normalized spacial score (nSPS) is 12.1. The van der Waals surface area contributed by atoms with Crippen molar-refractivity contribution in [2.24, 2.45) is 5.92 Å². The summed E-state index contributed by atoms with van der Waals surface area (Å²) in [5.74, 6) is 0.614. The summed E-state index contributed by atoms with van der Waals surface area (Å²) in [6, 6.07) is 0. The molecule has 0 fully saturated rings.